The van der Waals surface area contributed by atoms with E-state index in [1.807, 2.05) is 0 Å². The summed E-state index contributed by atoms with van der Waals surface area (Å²) in [4.78, 5) is 22.4. The van der Waals surface area contributed by atoms with Crippen LogP contribution in [0.3, 0.4) is 0 Å². The van der Waals surface area contributed by atoms with Gasteiger partial charge in [-0.1, -0.05) is 36.4 Å². The molecule has 31 heavy (non-hydrogen) atoms. The largest absolute Gasteiger partial charge is 0.480 e. The molecule has 3 unspecified atom stereocenters. The number of ketones is 1. The third-order valence-electron chi connectivity index (χ3n) is 4.55. The predicted molar refractivity (Wildman–Crippen MR) is 97.5 cm³/mol. The van der Waals surface area contributed by atoms with Gasteiger partial charge in [-0.15, -0.1) is 0 Å². The molecule has 0 amide bonds. The Morgan fingerprint density at radius 1 is 1.03 bits per heavy atom. The minimum Gasteiger partial charge on any atom is -0.480 e. The van der Waals surface area contributed by atoms with Crippen LogP contribution in [0, 0.1) is 0 Å². The number of rotatable bonds is 11. The normalized spacial score (nSPS) is 16.7. The first-order valence-corrected chi connectivity index (χ1v) is 8.91. The number of hydrogen-bond donors (Lipinski definition) is 5. The minimum atomic E-state index is -5.99. The Balaban J connectivity index is 2.61. The van der Waals surface area contributed by atoms with E-state index in [4.69, 9.17) is 15.9 Å². The number of carboxylic acids is 1. The second-order valence-corrected chi connectivity index (χ2v) is 6.86. The van der Waals surface area contributed by atoms with Gasteiger partial charge >= 0.3 is 18.1 Å². The Morgan fingerprint density at radius 3 is 2.03 bits per heavy atom. The second kappa shape index (κ2) is 10.3. The number of aliphatic carboxylic acids is 1. The number of Topliss-reactive ketones (excluding diaryl/α,β-unsaturated/α-hetero) is 1. The molecule has 0 saturated carbocycles. The van der Waals surface area contributed by atoms with Crippen molar-refractivity contribution in [3.8, 4) is 0 Å². The van der Waals surface area contributed by atoms with Crippen LogP contribution in [0.25, 0.3) is 0 Å². The van der Waals surface area contributed by atoms with Crippen LogP contribution in [0.4, 0.5) is 22.0 Å². The zero-order valence-electron chi connectivity index (χ0n) is 16.0. The smallest absolute Gasteiger partial charge is 0.461 e. The molecule has 1 aromatic rings. The van der Waals surface area contributed by atoms with E-state index in [1.54, 1.807) is 6.08 Å². The van der Waals surface area contributed by atoms with Gasteiger partial charge in [0.15, 0.2) is 5.54 Å². The average Bonchev–Trinajstić information content (AvgIpc) is 2.71. The number of aryl methyl sites for hydroxylation is 1. The van der Waals surface area contributed by atoms with Crippen molar-refractivity contribution in [1.82, 2.24) is 0 Å². The molecule has 0 fully saturated rings. The first kappa shape index (κ1) is 26.6. The Hall–Kier alpha value is -2.41. The highest BCUT2D eigenvalue weighted by Crippen LogP contribution is 2.38. The van der Waals surface area contributed by atoms with Gasteiger partial charge in [0.1, 0.15) is 6.10 Å². The molecular weight excluding hydrogens is 433 g/mol. The van der Waals surface area contributed by atoms with Crippen molar-refractivity contribution in [3.05, 3.63) is 47.5 Å². The van der Waals surface area contributed by atoms with Crippen molar-refractivity contribution in [1.29, 1.82) is 0 Å². The monoisotopic (exact) mass is 455 g/mol. The zero-order chi connectivity index (χ0) is 24.0. The molecule has 0 aromatic heterocycles. The molecule has 12 heteroatoms. The second-order valence-electron chi connectivity index (χ2n) is 6.86. The van der Waals surface area contributed by atoms with E-state index in [0.29, 0.717) is 18.4 Å². The number of aliphatic hydroxyl groups excluding tert-OH is 3. The third-order valence-corrected chi connectivity index (χ3v) is 4.55. The number of hydrogen-bond acceptors (Lipinski definition) is 6. The number of aliphatic hydroxyl groups is 3. The Bertz CT molecular complexity index is 796. The van der Waals surface area contributed by atoms with E-state index < -0.39 is 53.8 Å². The first-order valence-electron chi connectivity index (χ1n) is 8.91. The molecule has 0 saturated heterocycles. The van der Waals surface area contributed by atoms with Crippen molar-refractivity contribution >= 4 is 11.8 Å². The molecule has 0 radical (unpaired) electrons. The maximum atomic E-state index is 13.1. The Kier molecular flexibility index (Phi) is 8.82. The summed E-state index contributed by atoms with van der Waals surface area (Å²) in [6.45, 7) is -1.10. The molecule has 174 valence electrons. The van der Waals surface area contributed by atoms with Crippen molar-refractivity contribution in [2.24, 2.45) is 5.73 Å². The maximum Gasteiger partial charge on any atom is 0.461 e. The minimum absolute atomic E-state index is 0.187. The van der Waals surface area contributed by atoms with Crippen LogP contribution < -0.4 is 5.73 Å². The molecule has 1 aromatic carbocycles. The number of carboxylic acid groups (broad SMARTS) is 1. The molecule has 0 bridgehead atoms. The molecule has 1 rings (SSSR count). The number of carbonyl (C=O) groups excluding carboxylic acids is 1. The van der Waals surface area contributed by atoms with Crippen molar-refractivity contribution in [2.75, 3.05) is 6.61 Å². The van der Waals surface area contributed by atoms with Crippen LogP contribution in [0.1, 0.15) is 28.8 Å². The average molecular weight is 455 g/mol. The lowest BCUT2D eigenvalue weighted by Crippen LogP contribution is -2.63. The molecule has 0 spiro atoms. The third kappa shape index (κ3) is 6.29. The summed E-state index contributed by atoms with van der Waals surface area (Å²) in [6, 6.07) is 4.18. The fraction of sp³-hybridized carbons (Fsp3) is 0.474. The van der Waals surface area contributed by atoms with E-state index in [-0.39, 0.29) is 6.42 Å². The van der Waals surface area contributed by atoms with Gasteiger partial charge in [0.2, 0.25) is 5.78 Å². The number of halogens is 5. The van der Waals surface area contributed by atoms with Gasteiger partial charge in [-0.3, -0.25) is 9.59 Å². The highest BCUT2D eigenvalue weighted by molar-refractivity contribution is 6.01. The number of alkyl halides is 5. The molecule has 0 aliphatic carbocycles. The van der Waals surface area contributed by atoms with E-state index in [9.17, 15) is 41.8 Å². The molecule has 7 nitrogen and oxygen atoms in total. The van der Waals surface area contributed by atoms with Crippen LogP contribution in [0.5, 0.6) is 0 Å². The summed E-state index contributed by atoms with van der Waals surface area (Å²) in [5.74, 6) is -9.53. The zero-order valence-corrected chi connectivity index (χ0v) is 16.0. The summed E-state index contributed by atoms with van der Waals surface area (Å²) in [5, 5.41) is 37.6. The van der Waals surface area contributed by atoms with Crippen molar-refractivity contribution < 1.29 is 52.0 Å². The number of benzene rings is 1. The first-order chi connectivity index (χ1) is 14.2. The lowest BCUT2D eigenvalue weighted by atomic mass is 9.89. The quantitative estimate of drug-likeness (QED) is 0.193. The van der Waals surface area contributed by atoms with Gasteiger partial charge < -0.3 is 26.2 Å². The van der Waals surface area contributed by atoms with Gasteiger partial charge in [-0.05, 0) is 24.8 Å². The predicted octanol–water partition coefficient (Wildman–Crippen LogP) is 1.44. The molecule has 0 heterocycles. The highest BCUT2D eigenvalue weighted by Gasteiger charge is 2.63. The molecule has 6 N–H and O–H groups in total. The fourth-order valence-electron chi connectivity index (χ4n) is 2.50. The summed E-state index contributed by atoms with van der Waals surface area (Å²) in [7, 11) is 0. The summed E-state index contributed by atoms with van der Waals surface area (Å²) >= 11 is 0. The van der Waals surface area contributed by atoms with Crippen LogP contribution in [0.2, 0.25) is 0 Å². The summed E-state index contributed by atoms with van der Waals surface area (Å²) < 4.78 is 62.9. The van der Waals surface area contributed by atoms with Crippen molar-refractivity contribution in [3.63, 3.8) is 0 Å². The van der Waals surface area contributed by atoms with Gasteiger partial charge in [0.05, 0.1) is 12.7 Å². The van der Waals surface area contributed by atoms with Crippen LogP contribution in [0.15, 0.2) is 36.4 Å². The number of carbonyl (C=O) groups is 2. The topological polar surface area (TPSA) is 141 Å². The molecular formula is C19H22F5NO6. The summed E-state index contributed by atoms with van der Waals surface area (Å²) in [5.41, 5.74) is 2.67. The van der Waals surface area contributed by atoms with Crippen molar-refractivity contribution in [2.45, 2.75) is 49.1 Å². The van der Waals surface area contributed by atoms with Crippen LogP contribution >= 0.6 is 0 Å². The highest BCUT2D eigenvalue weighted by atomic mass is 19.4. The fourth-order valence-corrected chi connectivity index (χ4v) is 2.50. The van der Waals surface area contributed by atoms with Gasteiger partial charge in [-0.25, -0.2) is 0 Å². The SMILES string of the molecule is NC(CO)(C(=O)O)C(O)C(O)C/C=C/CCc1ccc(C(=O)C(F)(F)C(F)(F)F)cc1. The Morgan fingerprint density at radius 2 is 1.58 bits per heavy atom. The van der Waals surface area contributed by atoms with Gasteiger partial charge in [-0.2, -0.15) is 22.0 Å². The number of allylic oxidation sites excluding steroid dienone is 1. The van der Waals surface area contributed by atoms with Gasteiger partial charge in [0, 0.05) is 5.56 Å². The van der Waals surface area contributed by atoms with E-state index >= 15 is 0 Å². The Labute approximate surface area is 173 Å². The summed E-state index contributed by atoms with van der Waals surface area (Å²) in [6.07, 6.45) is -6.10. The standard InChI is InChI=1S/C19H22F5NO6/c20-18(21,19(22,23)24)14(28)12-8-6-11(7-9-12)4-2-1-3-5-13(27)15(29)17(25,10-26)16(30)31/h1,3,6-9,13,15,26-27,29H,2,4-5,10,25H2,(H,30,31)/b3-1+. The molecule has 0 aliphatic heterocycles. The van der Waals surface area contributed by atoms with Crippen LogP contribution in [-0.4, -0.2) is 68.6 Å². The van der Waals surface area contributed by atoms with Gasteiger partial charge in [0.25, 0.3) is 0 Å². The van der Waals surface area contributed by atoms with E-state index in [2.05, 4.69) is 0 Å². The molecule has 3 atom stereocenters. The lowest BCUT2D eigenvalue weighted by Gasteiger charge is -2.30. The van der Waals surface area contributed by atoms with E-state index in [1.165, 1.54) is 18.2 Å². The van der Waals surface area contributed by atoms with E-state index in [0.717, 1.165) is 12.1 Å². The lowest BCUT2D eigenvalue weighted by molar-refractivity contribution is -0.255. The number of nitrogens with two attached hydrogens (primary N) is 1. The maximum absolute atomic E-state index is 13.1. The van der Waals surface area contributed by atoms with Crippen LogP contribution in [-0.2, 0) is 11.2 Å². The molecule has 0 aliphatic rings.